The monoisotopic (exact) mass is 527 g/mol. The molecule has 4 aromatic carbocycles. The van der Waals surface area contributed by atoms with Crippen molar-refractivity contribution in [3.8, 4) is 11.1 Å². The lowest BCUT2D eigenvalue weighted by atomic mass is 9.65. The maximum Gasteiger partial charge on any atom is 0.335 e. The number of carboxylic acid groups (broad SMARTS) is 1. The van der Waals surface area contributed by atoms with Gasteiger partial charge in [0.1, 0.15) is 11.6 Å². The van der Waals surface area contributed by atoms with Crippen LogP contribution in [0, 0.1) is 17.0 Å². The maximum absolute atomic E-state index is 13.6. The van der Waals surface area contributed by atoms with Gasteiger partial charge in [0.05, 0.1) is 23.1 Å². The van der Waals surface area contributed by atoms with Gasteiger partial charge in [-0.15, -0.1) is 0 Å². The van der Waals surface area contributed by atoms with Crippen molar-refractivity contribution in [3.63, 3.8) is 0 Å². The van der Waals surface area contributed by atoms with Crippen LogP contribution in [0.15, 0.2) is 97.1 Å². The third-order valence-corrected chi connectivity index (χ3v) is 7.56. The summed E-state index contributed by atoms with van der Waals surface area (Å²) in [6, 6.07) is 25.4. The molecule has 7 heteroatoms. The number of aromatic carboxylic acids is 1. The zero-order chi connectivity index (χ0) is 27.7. The molecule has 4 aromatic rings. The van der Waals surface area contributed by atoms with Crippen LogP contribution in [-0.4, -0.2) is 22.1 Å². The minimum absolute atomic E-state index is 0.126. The Bertz CT molecular complexity index is 1490. The zero-order valence-electron chi connectivity index (χ0n) is 21.2. The largest absolute Gasteiger partial charge is 0.478 e. The van der Waals surface area contributed by atoms with Gasteiger partial charge in [0.2, 0.25) is 5.91 Å². The first-order valence-electron chi connectivity index (χ1n) is 12.6. The number of anilines is 1. The molecule has 39 heavy (non-hydrogen) atoms. The Labute approximate surface area is 225 Å². The first-order valence-corrected chi connectivity index (χ1v) is 12.6. The summed E-state index contributed by atoms with van der Waals surface area (Å²) in [6.07, 6.45) is -0.173. The first kappa shape index (κ1) is 26.3. The Morgan fingerprint density at radius 3 is 1.90 bits per heavy atom. The summed E-state index contributed by atoms with van der Waals surface area (Å²) in [7, 11) is 0. The second-order valence-corrected chi connectivity index (χ2v) is 10.1. The molecule has 5 rings (SSSR count). The van der Waals surface area contributed by atoms with E-state index in [4.69, 9.17) is 5.11 Å². The fraction of sp³-hybridized carbons (Fsp3) is 0.188. The van der Waals surface area contributed by atoms with E-state index in [9.17, 15) is 23.5 Å². The van der Waals surface area contributed by atoms with Crippen LogP contribution in [0.25, 0.3) is 11.1 Å². The molecule has 198 valence electrons. The van der Waals surface area contributed by atoms with Gasteiger partial charge in [0.15, 0.2) is 0 Å². The van der Waals surface area contributed by atoms with Crippen molar-refractivity contribution in [2.24, 2.45) is 5.41 Å². The molecule has 1 saturated heterocycles. The van der Waals surface area contributed by atoms with E-state index in [-0.39, 0.29) is 23.3 Å². The predicted octanol–water partition coefficient (Wildman–Crippen LogP) is 6.94. The van der Waals surface area contributed by atoms with Crippen LogP contribution in [0.5, 0.6) is 0 Å². The fourth-order valence-electron chi connectivity index (χ4n) is 5.31. The summed E-state index contributed by atoms with van der Waals surface area (Å²) >= 11 is 0. The minimum Gasteiger partial charge on any atom is -0.478 e. The number of amides is 1. The van der Waals surface area contributed by atoms with Gasteiger partial charge in [0, 0.05) is 5.69 Å². The topological polar surface area (TPSA) is 77.8 Å². The number of aliphatic hydroxyl groups excluding tert-OH is 1. The summed E-state index contributed by atoms with van der Waals surface area (Å²) in [5.41, 5.74) is 3.16. The number of carbonyl (C=O) groups excluding carboxylic acids is 1. The fourth-order valence-corrected chi connectivity index (χ4v) is 5.31. The standard InChI is InChI=1S/C32H27F2NO4/c1-32(19-18-28(36)22-10-12-25(33)13-11-22)29(35(31(32)39)27-16-14-26(34)15-17-27)23-6-2-20(3-7-23)21-4-8-24(9-5-21)30(37)38/h2-17,28-29,36H,18-19H2,1H3,(H,37,38)/t28-,29+,32+/m0/s1. The van der Waals surface area contributed by atoms with E-state index in [1.807, 2.05) is 31.2 Å². The van der Waals surface area contributed by atoms with Gasteiger partial charge >= 0.3 is 5.97 Å². The Morgan fingerprint density at radius 1 is 0.846 bits per heavy atom. The summed E-state index contributed by atoms with van der Waals surface area (Å²) in [6.45, 7) is 1.87. The second-order valence-electron chi connectivity index (χ2n) is 10.1. The van der Waals surface area contributed by atoms with Crippen LogP contribution in [-0.2, 0) is 4.79 Å². The number of aliphatic hydroxyl groups is 1. The molecule has 0 spiro atoms. The molecule has 5 nitrogen and oxygen atoms in total. The van der Waals surface area contributed by atoms with Crippen LogP contribution in [0.1, 0.15) is 53.4 Å². The number of nitrogens with zero attached hydrogens (tertiary/aromatic N) is 1. The lowest BCUT2D eigenvalue weighted by molar-refractivity contribution is -0.140. The second kappa shape index (κ2) is 10.4. The maximum atomic E-state index is 13.6. The Hall–Kier alpha value is -4.36. The molecular weight excluding hydrogens is 500 g/mol. The molecule has 0 saturated carbocycles. The zero-order valence-corrected chi connectivity index (χ0v) is 21.2. The summed E-state index contributed by atoms with van der Waals surface area (Å²) < 4.78 is 26.9. The highest BCUT2D eigenvalue weighted by Gasteiger charge is 2.58. The smallest absolute Gasteiger partial charge is 0.335 e. The molecule has 1 aliphatic heterocycles. The molecule has 0 aromatic heterocycles. The number of halogens is 2. The van der Waals surface area contributed by atoms with E-state index in [2.05, 4.69) is 0 Å². The van der Waals surface area contributed by atoms with Crippen molar-refractivity contribution >= 4 is 17.6 Å². The quantitative estimate of drug-likeness (QED) is 0.243. The highest BCUT2D eigenvalue weighted by molar-refractivity contribution is 6.06. The van der Waals surface area contributed by atoms with Crippen LogP contribution in [0.4, 0.5) is 14.5 Å². The molecule has 0 unspecified atom stereocenters. The normalized spacial score (nSPS) is 19.4. The molecule has 1 amide bonds. The van der Waals surface area contributed by atoms with Crippen LogP contribution < -0.4 is 4.90 Å². The van der Waals surface area contributed by atoms with E-state index < -0.39 is 23.3 Å². The van der Waals surface area contributed by atoms with Crippen LogP contribution >= 0.6 is 0 Å². The molecule has 0 aliphatic carbocycles. The van der Waals surface area contributed by atoms with Gasteiger partial charge in [-0.05, 0) is 90.6 Å². The third-order valence-electron chi connectivity index (χ3n) is 7.56. The minimum atomic E-state index is -0.990. The van der Waals surface area contributed by atoms with Crippen molar-refractivity contribution in [1.29, 1.82) is 0 Å². The number of hydrogen-bond donors (Lipinski definition) is 2. The van der Waals surface area contributed by atoms with Gasteiger partial charge in [0.25, 0.3) is 0 Å². The molecule has 1 fully saturated rings. The molecular formula is C32H27F2NO4. The number of carbonyl (C=O) groups is 2. The highest BCUT2D eigenvalue weighted by Crippen LogP contribution is 2.55. The van der Waals surface area contributed by atoms with E-state index >= 15 is 0 Å². The first-order chi connectivity index (χ1) is 18.7. The van der Waals surface area contributed by atoms with Gasteiger partial charge < -0.3 is 15.1 Å². The van der Waals surface area contributed by atoms with Crippen molar-refractivity contribution in [2.45, 2.75) is 31.9 Å². The Kier molecular flexibility index (Phi) is 7.02. The van der Waals surface area contributed by atoms with Crippen LogP contribution in [0.3, 0.4) is 0 Å². The van der Waals surface area contributed by atoms with Crippen molar-refractivity contribution < 1.29 is 28.6 Å². The predicted molar refractivity (Wildman–Crippen MR) is 144 cm³/mol. The SMILES string of the molecule is C[C@]1(CC[C@H](O)c2ccc(F)cc2)C(=O)N(c2ccc(F)cc2)[C@@H]1c1ccc(-c2ccc(C(=O)O)cc2)cc1. The lowest BCUT2D eigenvalue weighted by Crippen LogP contribution is -2.62. The molecule has 0 radical (unpaired) electrons. The summed E-state index contributed by atoms with van der Waals surface area (Å²) in [4.78, 5) is 26.4. The summed E-state index contributed by atoms with van der Waals surface area (Å²) in [5, 5.41) is 19.9. The van der Waals surface area contributed by atoms with Crippen LogP contribution in [0.2, 0.25) is 0 Å². The number of rotatable bonds is 8. The Morgan fingerprint density at radius 2 is 1.36 bits per heavy atom. The Balaban J connectivity index is 1.43. The van der Waals surface area contributed by atoms with Crippen molar-refractivity contribution in [3.05, 3.63) is 125 Å². The van der Waals surface area contributed by atoms with E-state index in [0.29, 0.717) is 24.1 Å². The van der Waals surface area contributed by atoms with Gasteiger partial charge in [-0.3, -0.25) is 4.79 Å². The number of β-lactam (4-membered cyclic amide) rings is 1. The third kappa shape index (κ3) is 5.05. The average molecular weight is 528 g/mol. The van der Waals surface area contributed by atoms with Crippen molar-refractivity contribution in [2.75, 3.05) is 4.90 Å². The van der Waals surface area contributed by atoms with E-state index in [0.717, 1.165) is 16.7 Å². The van der Waals surface area contributed by atoms with Gasteiger partial charge in [-0.25, -0.2) is 13.6 Å². The number of carboxylic acids is 1. The molecule has 1 aliphatic rings. The lowest BCUT2D eigenvalue weighted by Gasteiger charge is -2.55. The highest BCUT2D eigenvalue weighted by atomic mass is 19.1. The molecule has 3 atom stereocenters. The average Bonchev–Trinajstić information content (AvgIpc) is 2.95. The number of benzene rings is 4. The van der Waals surface area contributed by atoms with E-state index in [1.54, 1.807) is 41.3 Å². The molecule has 1 heterocycles. The summed E-state index contributed by atoms with van der Waals surface area (Å²) in [5.74, 6) is -1.90. The van der Waals surface area contributed by atoms with Gasteiger partial charge in [-0.2, -0.15) is 0 Å². The molecule has 2 N–H and O–H groups in total. The van der Waals surface area contributed by atoms with Crippen molar-refractivity contribution in [1.82, 2.24) is 0 Å². The molecule has 0 bridgehead atoms. The van der Waals surface area contributed by atoms with Gasteiger partial charge in [-0.1, -0.05) is 48.5 Å². The number of hydrogen-bond acceptors (Lipinski definition) is 3. The van der Waals surface area contributed by atoms with E-state index in [1.165, 1.54) is 36.4 Å².